The third-order valence-corrected chi connectivity index (χ3v) is 6.64. The SMILES string of the molecule is Nc1ncc(NC(=O)C(=O)N(Cc2ccc(C(F)(F)F)cn2)Cc2ccccc2F)c2c1cnn2C1CCCCO1. The quantitative estimate of drug-likeness (QED) is 0.259. The number of alkyl halides is 3. The number of pyridine rings is 2. The maximum Gasteiger partial charge on any atom is 0.417 e. The molecule has 3 N–H and O–H groups in total. The van der Waals surface area contributed by atoms with E-state index in [1.54, 1.807) is 10.7 Å². The first-order chi connectivity index (χ1) is 19.6. The van der Waals surface area contributed by atoms with E-state index in [2.05, 4.69) is 20.4 Å². The number of rotatable bonds is 6. The molecule has 0 spiro atoms. The van der Waals surface area contributed by atoms with Crippen molar-refractivity contribution >= 4 is 34.2 Å². The first-order valence-electron chi connectivity index (χ1n) is 12.7. The molecule has 2 amide bonds. The lowest BCUT2D eigenvalue weighted by molar-refractivity contribution is -0.144. The van der Waals surface area contributed by atoms with Crippen LogP contribution in [0, 0.1) is 5.82 Å². The molecule has 5 rings (SSSR count). The second-order valence-corrected chi connectivity index (χ2v) is 9.47. The van der Waals surface area contributed by atoms with Crippen LogP contribution in [0.2, 0.25) is 0 Å². The second kappa shape index (κ2) is 11.5. The highest BCUT2D eigenvalue weighted by Crippen LogP contribution is 2.32. The van der Waals surface area contributed by atoms with Crippen LogP contribution in [0.5, 0.6) is 0 Å². The summed E-state index contributed by atoms with van der Waals surface area (Å²) in [6.07, 6.45) is 0.920. The Bertz CT molecular complexity index is 1570. The van der Waals surface area contributed by atoms with Crippen LogP contribution in [0.4, 0.5) is 29.1 Å². The molecule has 10 nitrogen and oxygen atoms in total. The molecule has 0 aliphatic carbocycles. The zero-order valence-electron chi connectivity index (χ0n) is 21.6. The second-order valence-electron chi connectivity index (χ2n) is 9.47. The minimum absolute atomic E-state index is 0.0690. The largest absolute Gasteiger partial charge is 0.417 e. The van der Waals surface area contributed by atoms with Crippen LogP contribution < -0.4 is 11.1 Å². The van der Waals surface area contributed by atoms with Crippen molar-refractivity contribution in [2.24, 2.45) is 0 Å². The van der Waals surface area contributed by atoms with Gasteiger partial charge in [-0.05, 0) is 37.5 Å². The molecule has 3 aromatic heterocycles. The first-order valence-corrected chi connectivity index (χ1v) is 12.7. The Hall–Kier alpha value is -4.59. The first kappa shape index (κ1) is 28.0. The number of amides is 2. The molecule has 1 atom stereocenters. The van der Waals surface area contributed by atoms with Crippen molar-refractivity contribution < 1.29 is 31.9 Å². The van der Waals surface area contributed by atoms with Crippen molar-refractivity contribution in [3.05, 3.63) is 77.6 Å². The molecule has 0 bridgehead atoms. The highest BCUT2D eigenvalue weighted by molar-refractivity contribution is 6.40. The minimum atomic E-state index is -4.60. The average molecular weight is 572 g/mol. The predicted octanol–water partition coefficient (Wildman–Crippen LogP) is 4.43. The highest BCUT2D eigenvalue weighted by Gasteiger charge is 2.31. The molecule has 1 aliphatic rings. The number of carbonyl (C=O) groups excluding carboxylic acids is 2. The van der Waals surface area contributed by atoms with Gasteiger partial charge >= 0.3 is 18.0 Å². The lowest BCUT2D eigenvalue weighted by Crippen LogP contribution is -2.39. The molecule has 4 aromatic rings. The standard InChI is InChI=1S/C27H25F4N7O3/c28-20-6-2-1-5-16(20)14-37(15-18-9-8-17(11-33-18)27(29,30)31)26(40)25(39)36-21-13-34-24(32)19-12-35-38(23(19)21)22-7-3-4-10-41-22/h1-2,5-6,8-9,11-13,22H,3-4,7,10,14-15H2,(H2,32,34)(H,36,39). The number of aromatic nitrogens is 4. The summed E-state index contributed by atoms with van der Waals surface area (Å²) in [5, 5.41) is 7.36. The molecule has 14 heteroatoms. The molecule has 1 aromatic carbocycles. The molecule has 1 saturated heterocycles. The van der Waals surface area contributed by atoms with Crippen LogP contribution in [0.15, 0.2) is 55.0 Å². The van der Waals surface area contributed by atoms with Crippen LogP contribution in [0.3, 0.4) is 0 Å². The molecule has 1 aliphatic heterocycles. The summed E-state index contributed by atoms with van der Waals surface area (Å²) in [4.78, 5) is 35.5. The zero-order valence-corrected chi connectivity index (χ0v) is 21.6. The number of benzene rings is 1. The zero-order chi connectivity index (χ0) is 29.1. The summed E-state index contributed by atoms with van der Waals surface area (Å²) in [6, 6.07) is 7.57. The molecule has 0 saturated carbocycles. The fourth-order valence-corrected chi connectivity index (χ4v) is 4.54. The Kier molecular flexibility index (Phi) is 7.83. The van der Waals surface area contributed by atoms with Crippen LogP contribution >= 0.6 is 0 Å². The van der Waals surface area contributed by atoms with Crippen LogP contribution in [-0.4, -0.2) is 43.1 Å². The third-order valence-electron chi connectivity index (χ3n) is 6.64. The van der Waals surface area contributed by atoms with Gasteiger partial charge in [-0.2, -0.15) is 18.3 Å². The number of fused-ring (bicyclic) bond motifs is 1. The number of nitrogens with zero attached hydrogens (tertiary/aromatic N) is 5. The summed E-state index contributed by atoms with van der Waals surface area (Å²) < 4.78 is 60.8. The smallest absolute Gasteiger partial charge is 0.383 e. The van der Waals surface area contributed by atoms with Crippen LogP contribution in [0.1, 0.15) is 42.3 Å². The Balaban J connectivity index is 1.43. The van der Waals surface area contributed by atoms with Gasteiger partial charge in [0.05, 0.1) is 41.3 Å². The van der Waals surface area contributed by atoms with E-state index >= 15 is 0 Å². The summed E-state index contributed by atoms with van der Waals surface area (Å²) >= 11 is 0. The Morgan fingerprint density at radius 2 is 1.88 bits per heavy atom. The van der Waals surface area contributed by atoms with Crippen molar-refractivity contribution in [3.8, 4) is 0 Å². The van der Waals surface area contributed by atoms with Gasteiger partial charge in [-0.3, -0.25) is 14.6 Å². The summed E-state index contributed by atoms with van der Waals surface area (Å²) in [7, 11) is 0. The molecule has 214 valence electrons. The van der Waals surface area contributed by atoms with E-state index in [1.165, 1.54) is 30.6 Å². The van der Waals surface area contributed by atoms with Gasteiger partial charge in [-0.25, -0.2) is 14.1 Å². The van der Waals surface area contributed by atoms with Gasteiger partial charge in [0, 0.05) is 24.9 Å². The van der Waals surface area contributed by atoms with Gasteiger partial charge in [0.2, 0.25) is 0 Å². The highest BCUT2D eigenvalue weighted by atomic mass is 19.4. The number of anilines is 2. The van der Waals surface area contributed by atoms with E-state index in [0.717, 1.165) is 29.9 Å². The number of halogens is 4. The fraction of sp³-hybridized carbons (Fsp3) is 0.296. The Morgan fingerprint density at radius 1 is 1.07 bits per heavy atom. The van der Waals surface area contributed by atoms with Gasteiger partial charge in [0.25, 0.3) is 0 Å². The molecule has 1 unspecified atom stereocenters. The number of carbonyl (C=O) groups is 2. The van der Waals surface area contributed by atoms with Crippen molar-refractivity contribution in [3.63, 3.8) is 0 Å². The summed E-state index contributed by atoms with van der Waals surface area (Å²) in [5.41, 5.74) is 5.79. The maximum absolute atomic E-state index is 14.5. The molecule has 0 radical (unpaired) electrons. The van der Waals surface area contributed by atoms with Crippen molar-refractivity contribution in [2.45, 2.75) is 44.8 Å². The lowest BCUT2D eigenvalue weighted by Gasteiger charge is -2.24. The van der Waals surface area contributed by atoms with Gasteiger partial charge in [0.15, 0.2) is 6.23 Å². The van der Waals surface area contributed by atoms with Gasteiger partial charge in [0.1, 0.15) is 17.2 Å². The summed E-state index contributed by atoms with van der Waals surface area (Å²) in [5.74, 6) is -2.61. The van der Waals surface area contributed by atoms with Gasteiger partial charge < -0.3 is 20.7 Å². The van der Waals surface area contributed by atoms with E-state index in [1.807, 2.05) is 0 Å². The number of nitrogen functional groups attached to an aromatic ring is 1. The number of nitrogens with one attached hydrogen (secondary N) is 1. The summed E-state index contributed by atoms with van der Waals surface area (Å²) in [6.45, 7) is -0.164. The van der Waals surface area contributed by atoms with E-state index in [4.69, 9.17) is 10.5 Å². The molecular weight excluding hydrogens is 546 g/mol. The number of hydrogen-bond donors (Lipinski definition) is 2. The number of ether oxygens (including phenoxy) is 1. The van der Waals surface area contributed by atoms with Crippen LogP contribution in [0.25, 0.3) is 10.9 Å². The molecule has 41 heavy (non-hydrogen) atoms. The predicted molar refractivity (Wildman–Crippen MR) is 139 cm³/mol. The van der Waals surface area contributed by atoms with Crippen LogP contribution in [-0.2, 0) is 33.6 Å². The Labute approximate surface area is 231 Å². The number of nitrogens with two attached hydrogens (primary N) is 1. The molecular formula is C27H25F4N7O3. The van der Waals surface area contributed by atoms with Crippen molar-refractivity contribution in [2.75, 3.05) is 17.7 Å². The van der Waals surface area contributed by atoms with E-state index in [0.29, 0.717) is 30.1 Å². The topological polar surface area (TPSA) is 128 Å². The maximum atomic E-state index is 14.5. The van der Waals surface area contributed by atoms with E-state index in [-0.39, 0.29) is 35.9 Å². The van der Waals surface area contributed by atoms with E-state index in [9.17, 15) is 27.2 Å². The van der Waals surface area contributed by atoms with Crippen molar-refractivity contribution in [1.29, 1.82) is 0 Å². The van der Waals surface area contributed by atoms with Gasteiger partial charge in [-0.15, -0.1) is 0 Å². The van der Waals surface area contributed by atoms with Crippen molar-refractivity contribution in [1.82, 2.24) is 24.6 Å². The molecule has 4 heterocycles. The third kappa shape index (κ3) is 6.11. The lowest BCUT2D eigenvalue weighted by atomic mass is 10.1. The number of hydrogen-bond acceptors (Lipinski definition) is 7. The normalized spacial score (nSPS) is 15.6. The molecule has 1 fully saturated rings. The van der Waals surface area contributed by atoms with E-state index < -0.39 is 35.6 Å². The Morgan fingerprint density at radius 3 is 2.56 bits per heavy atom. The fourth-order valence-electron chi connectivity index (χ4n) is 4.54. The minimum Gasteiger partial charge on any atom is -0.383 e. The monoisotopic (exact) mass is 571 g/mol. The average Bonchev–Trinajstić information content (AvgIpc) is 3.42. The van der Waals surface area contributed by atoms with Gasteiger partial charge in [-0.1, -0.05) is 18.2 Å².